The van der Waals surface area contributed by atoms with Crippen molar-refractivity contribution in [1.29, 1.82) is 0 Å². The van der Waals surface area contributed by atoms with Crippen molar-refractivity contribution in [3.63, 3.8) is 0 Å². The average molecular weight is 401 g/mol. The van der Waals surface area contributed by atoms with E-state index in [1.54, 1.807) is 0 Å². The number of benzene rings is 3. The summed E-state index contributed by atoms with van der Waals surface area (Å²) in [4.78, 5) is 27.8. The highest BCUT2D eigenvalue weighted by Crippen LogP contribution is 2.24. The van der Waals surface area contributed by atoms with E-state index in [4.69, 9.17) is 0 Å². The second-order valence-corrected chi connectivity index (χ2v) is 8.23. The van der Waals surface area contributed by atoms with Crippen LogP contribution < -0.4 is 5.32 Å². The second-order valence-electron chi connectivity index (χ2n) is 8.23. The predicted octanol–water partition coefficient (Wildman–Crippen LogP) is 4.88. The summed E-state index contributed by atoms with van der Waals surface area (Å²) in [6.07, 6.45) is 2.04. The Kier molecular flexibility index (Phi) is 5.84. The monoisotopic (exact) mass is 400 g/mol. The first kappa shape index (κ1) is 20.1. The van der Waals surface area contributed by atoms with Gasteiger partial charge in [0.25, 0.3) is 0 Å². The third kappa shape index (κ3) is 4.23. The van der Waals surface area contributed by atoms with Crippen molar-refractivity contribution in [3.8, 4) is 0 Å². The highest BCUT2D eigenvalue weighted by molar-refractivity contribution is 5.94. The first-order valence-electron chi connectivity index (χ1n) is 10.6. The molecule has 4 heteroatoms. The molecule has 0 bridgehead atoms. The van der Waals surface area contributed by atoms with Gasteiger partial charge in [0.1, 0.15) is 0 Å². The first-order valence-corrected chi connectivity index (χ1v) is 10.6. The Labute approximate surface area is 177 Å². The summed E-state index contributed by atoms with van der Waals surface area (Å²) < 4.78 is 0. The van der Waals surface area contributed by atoms with Gasteiger partial charge in [0.15, 0.2) is 0 Å². The van der Waals surface area contributed by atoms with Crippen LogP contribution in [0.15, 0.2) is 60.7 Å². The van der Waals surface area contributed by atoms with Gasteiger partial charge in [-0.15, -0.1) is 0 Å². The molecule has 1 N–H and O–H groups in total. The molecule has 1 aliphatic heterocycles. The molecule has 1 fully saturated rings. The lowest BCUT2D eigenvalue weighted by atomic mass is 9.95. The van der Waals surface area contributed by atoms with Gasteiger partial charge in [0.2, 0.25) is 11.8 Å². The van der Waals surface area contributed by atoms with E-state index in [0.717, 1.165) is 52.5 Å². The van der Waals surface area contributed by atoms with E-state index in [1.807, 2.05) is 61.2 Å². The summed E-state index contributed by atoms with van der Waals surface area (Å²) in [7, 11) is 0. The zero-order chi connectivity index (χ0) is 21.1. The van der Waals surface area contributed by atoms with E-state index in [0.29, 0.717) is 13.0 Å². The van der Waals surface area contributed by atoms with E-state index in [9.17, 15) is 9.59 Å². The normalized spacial score (nSPS) is 16.5. The number of nitrogens with one attached hydrogen (secondary N) is 1. The molecular formula is C26H28N2O2. The third-order valence-electron chi connectivity index (χ3n) is 6.23. The lowest BCUT2D eigenvalue weighted by Crippen LogP contribution is -2.44. The number of piperidine rings is 1. The zero-order valence-corrected chi connectivity index (χ0v) is 17.7. The summed E-state index contributed by atoms with van der Waals surface area (Å²) >= 11 is 0. The maximum atomic E-state index is 13.0. The molecule has 0 spiro atoms. The molecule has 3 aromatic rings. The van der Waals surface area contributed by atoms with Crippen molar-refractivity contribution in [2.24, 2.45) is 5.92 Å². The second kappa shape index (κ2) is 8.70. The number of nitrogens with zero attached hydrogens (tertiary/aromatic N) is 1. The number of aryl methyl sites for hydroxylation is 1. The molecule has 30 heavy (non-hydrogen) atoms. The van der Waals surface area contributed by atoms with Gasteiger partial charge in [-0.05, 0) is 60.2 Å². The predicted molar refractivity (Wildman–Crippen MR) is 122 cm³/mol. The zero-order valence-electron chi connectivity index (χ0n) is 17.7. The fourth-order valence-electron chi connectivity index (χ4n) is 4.26. The Hall–Kier alpha value is -3.14. The van der Waals surface area contributed by atoms with E-state index < -0.39 is 0 Å². The standard InChI is InChI=1S/C26H28N2O2/c1-18-8-5-14-24(19(18)2)27-26(30)22-12-7-15-28(17-22)25(29)16-21-11-6-10-20-9-3-4-13-23(20)21/h3-6,8-11,13-14,22H,7,12,15-17H2,1-2H3,(H,27,30). The number of carbonyl (C=O) groups excluding carboxylic acids is 2. The smallest absolute Gasteiger partial charge is 0.229 e. The van der Waals surface area contributed by atoms with Crippen LogP contribution in [-0.2, 0) is 16.0 Å². The topological polar surface area (TPSA) is 49.4 Å². The largest absolute Gasteiger partial charge is 0.342 e. The number of fused-ring (bicyclic) bond motifs is 1. The molecule has 154 valence electrons. The Morgan fingerprint density at radius 3 is 2.63 bits per heavy atom. The van der Waals surface area contributed by atoms with Crippen molar-refractivity contribution in [2.75, 3.05) is 18.4 Å². The van der Waals surface area contributed by atoms with Crippen LogP contribution in [0.25, 0.3) is 10.8 Å². The van der Waals surface area contributed by atoms with Crippen molar-refractivity contribution in [3.05, 3.63) is 77.4 Å². The fourth-order valence-corrected chi connectivity index (χ4v) is 4.26. The van der Waals surface area contributed by atoms with Gasteiger partial charge in [-0.25, -0.2) is 0 Å². The van der Waals surface area contributed by atoms with Gasteiger partial charge in [0, 0.05) is 18.8 Å². The summed E-state index contributed by atoms with van der Waals surface area (Å²) in [5.74, 6) is -0.0721. The number of carbonyl (C=O) groups is 2. The molecule has 3 aromatic carbocycles. The van der Waals surface area contributed by atoms with Crippen LogP contribution in [0.3, 0.4) is 0 Å². The van der Waals surface area contributed by atoms with Gasteiger partial charge in [-0.2, -0.15) is 0 Å². The van der Waals surface area contributed by atoms with Gasteiger partial charge in [-0.1, -0.05) is 54.6 Å². The number of anilines is 1. The summed E-state index contributed by atoms with van der Waals surface area (Å²) in [6.45, 7) is 5.27. The Morgan fingerprint density at radius 2 is 1.77 bits per heavy atom. The van der Waals surface area contributed by atoms with Crippen molar-refractivity contribution >= 4 is 28.3 Å². The number of hydrogen-bond donors (Lipinski definition) is 1. The molecule has 1 heterocycles. The Bertz CT molecular complexity index is 1080. The number of likely N-dealkylation sites (tertiary alicyclic amines) is 1. The van der Waals surface area contributed by atoms with Crippen LogP contribution in [0.5, 0.6) is 0 Å². The van der Waals surface area contributed by atoms with Crippen molar-refractivity contribution in [2.45, 2.75) is 33.1 Å². The van der Waals surface area contributed by atoms with Crippen molar-refractivity contribution in [1.82, 2.24) is 4.90 Å². The number of rotatable bonds is 4. The molecule has 1 aliphatic rings. The lowest BCUT2D eigenvalue weighted by Gasteiger charge is -2.32. The molecular weight excluding hydrogens is 372 g/mol. The van der Waals surface area contributed by atoms with E-state index >= 15 is 0 Å². The van der Waals surface area contributed by atoms with Crippen LogP contribution >= 0.6 is 0 Å². The van der Waals surface area contributed by atoms with Crippen LogP contribution in [-0.4, -0.2) is 29.8 Å². The molecule has 2 amide bonds. The maximum Gasteiger partial charge on any atom is 0.229 e. The highest BCUT2D eigenvalue weighted by atomic mass is 16.2. The van der Waals surface area contributed by atoms with E-state index in [2.05, 4.69) is 23.5 Å². The molecule has 4 rings (SSSR count). The van der Waals surface area contributed by atoms with Crippen LogP contribution in [0.1, 0.15) is 29.5 Å². The molecule has 0 saturated carbocycles. The van der Waals surface area contributed by atoms with Gasteiger partial charge in [-0.3, -0.25) is 9.59 Å². The van der Waals surface area contributed by atoms with Gasteiger partial charge < -0.3 is 10.2 Å². The van der Waals surface area contributed by atoms with Crippen molar-refractivity contribution < 1.29 is 9.59 Å². The first-order chi connectivity index (χ1) is 14.5. The summed E-state index contributed by atoms with van der Waals surface area (Å²) in [6, 6.07) is 20.2. The summed E-state index contributed by atoms with van der Waals surface area (Å²) in [5.41, 5.74) is 4.15. The summed E-state index contributed by atoms with van der Waals surface area (Å²) in [5, 5.41) is 5.34. The third-order valence-corrected chi connectivity index (χ3v) is 6.23. The quantitative estimate of drug-likeness (QED) is 0.679. The average Bonchev–Trinajstić information content (AvgIpc) is 2.77. The Balaban J connectivity index is 1.43. The number of hydrogen-bond acceptors (Lipinski definition) is 2. The maximum absolute atomic E-state index is 13.0. The molecule has 0 aliphatic carbocycles. The molecule has 1 atom stereocenters. The lowest BCUT2D eigenvalue weighted by molar-refractivity contribution is -0.133. The van der Waals surface area contributed by atoms with Gasteiger partial charge in [0.05, 0.1) is 12.3 Å². The fraction of sp³-hybridized carbons (Fsp3) is 0.308. The molecule has 4 nitrogen and oxygen atoms in total. The molecule has 0 aromatic heterocycles. The van der Waals surface area contributed by atoms with Crippen LogP contribution in [0.2, 0.25) is 0 Å². The molecule has 1 unspecified atom stereocenters. The minimum atomic E-state index is -0.171. The Morgan fingerprint density at radius 1 is 1.00 bits per heavy atom. The SMILES string of the molecule is Cc1cccc(NC(=O)C2CCCN(C(=O)Cc3cccc4ccccc34)C2)c1C. The van der Waals surface area contributed by atoms with E-state index in [1.165, 1.54) is 0 Å². The highest BCUT2D eigenvalue weighted by Gasteiger charge is 2.28. The molecule has 1 saturated heterocycles. The minimum absolute atomic E-state index is 0.00589. The molecule has 0 radical (unpaired) electrons. The van der Waals surface area contributed by atoms with Crippen LogP contribution in [0.4, 0.5) is 5.69 Å². The van der Waals surface area contributed by atoms with Gasteiger partial charge >= 0.3 is 0 Å². The van der Waals surface area contributed by atoms with E-state index in [-0.39, 0.29) is 17.7 Å². The van der Waals surface area contributed by atoms with Crippen LogP contribution in [0, 0.1) is 19.8 Å². The minimum Gasteiger partial charge on any atom is -0.342 e. The number of amides is 2.